The van der Waals surface area contributed by atoms with Crippen LogP contribution in [0.5, 0.6) is 0 Å². The average Bonchev–Trinajstić information content (AvgIpc) is 2.88. The van der Waals surface area contributed by atoms with Gasteiger partial charge in [0.05, 0.1) is 11.9 Å². The molecule has 106 valence electrons. The number of nitrogen functional groups attached to an aromatic ring is 1. The van der Waals surface area contributed by atoms with Gasteiger partial charge in [0.15, 0.2) is 0 Å². The number of anilines is 1. The summed E-state index contributed by atoms with van der Waals surface area (Å²) in [6.45, 7) is 10.4. The van der Waals surface area contributed by atoms with E-state index in [4.69, 9.17) is 5.73 Å². The van der Waals surface area contributed by atoms with Crippen molar-refractivity contribution in [3.05, 3.63) is 24.0 Å². The smallest absolute Gasteiger partial charge is 0.0501 e. The van der Waals surface area contributed by atoms with Crippen LogP contribution in [0.1, 0.15) is 26.0 Å². The second-order valence-corrected chi connectivity index (χ2v) is 5.30. The molecule has 1 saturated heterocycles. The molecular formula is C15H26N4. The number of likely N-dealkylation sites (N-methyl/N-ethyl adjacent to an activating group) is 1. The van der Waals surface area contributed by atoms with E-state index in [9.17, 15) is 0 Å². The van der Waals surface area contributed by atoms with Crippen LogP contribution >= 0.6 is 0 Å². The Morgan fingerprint density at radius 1 is 1.37 bits per heavy atom. The fraction of sp³-hybridized carbons (Fsp3) is 0.667. The molecule has 2 heterocycles. The molecule has 1 aromatic heterocycles. The summed E-state index contributed by atoms with van der Waals surface area (Å²) in [5, 5.41) is 0. The van der Waals surface area contributed by atoms with E-state index in [1.807, 2.05) is 12.1 Å². The van der Waals surface area contributed by atoms with Crippen molar-refractivity contribution in [1.29, 1.82) is 0 Å². The molecule has 0 amide bonds. The predicted octanol–water partition coefficient (Wildman–Crippen LogP) is 1.62. The van der Waals surface area contributed by atoms with Gasteiger partial charge in [-0.25, -0.2) is 0 Å². The van der Waals surface area contributed by atoms with Crippen molar-refractivity contribution in [3.63, 3.8) is 0 Å². The zero-order chi connectivity index (χ0) is 13.7. The Labute approximate surface area is 116 Å². The number of nitrogens with zero attached hydrogens (tertiary/aromatic N) is 3. The van der Waals surface area contributed by atoms with Crippen molar-refractivity contribution < 1.29 is 0 Å². The summed E-state index contributed by atoms with van der Waals surface area (Å²) in [5.41, 5.74) is 7.53. The minimum absolute atomic E-state index is 0.742. The molecule has 1 atom stereocenters. The van der Waals surface area contributed by atoms with Gasteiger partial charge in [-0.3, -0.25) is 9.88 Å². The summed E-state index contributed by atoms with van der Waals surface area (Å²) in [5.74, 6) is 0. The first kappa shape index (κ1) is 14.3. The molecule has 19 heavy (non-hydrogen) atoms. The fourth-order valence-corrected chi connectivity index (χ4v) is 2.91. The van der Waals surface area contributed by atoms with Gasteiger partial charge in [0, 0.05) is 31.2 Å². The zero-order valence-electron chi connectivity index (χ0n) is 12.2. The zero-order valence-corrected chi connectivity index (χ0v) is 12.2. The Morgan fingerprint density at radius 3 is 2.79 bits per heavy atom. The third-order valence-corrected chi connectivity index (χ3v) is 4.11. The van der Waals surface area contributed by atoms with E-state index >= 15 is 0 Å². The summed E-state index contributed by atoms with van der Waals surface area (Å²) in [4.78, 5) is 9.49. The number of nitrogens with two attached hydrogens (primary N) is 1. The molecule has 1 aliphatic heterocycles. The SMILES string of the molecule is CCN(CC)C1CCN(CCc2ccc(N)cn2)C1. The number of rotatable bonds is 6. The minimum Gasteiger partial charge on any atom is -0.397 e. The van der Waals surface area contributed by atoms with Crippen LogP contribution in [0.4, 0.5) is 5.69 Å². The van der Waals surface area contributed by atoms with E-state index in [1.165, 1.54) is 19.5 Å². The highest BCUT2D eigenvalue weighted by atomic mass is 15.2. The maximum Gasteiger partial charge on any atom is 0.0501 e. The van der Waals surface area contributed by atoms with Gasteiger partial charge >= 0.3 is 0 Å². The molecule has 2 N–H and O–H groups in total. The van der Waals surface area contributed by atoms with Crippen LogP contribution in [0.3, 0.4) is 0 Å². The highest BCUT2D eigenvalue weighted by Crippen LogP contribution is 2.15. The van der Waals surface area contributed by atoms with Gasteiger partial charge in [-0.1, -0.05) is 13.8 Å². The molecule has 4 nitrogen and oxygen atoms in total. The molecule has 0 aliphatic carbocycles. The largest absolute Gasteiger partial charge is 0.397 e. The normalized spacial score (nSPS) is 20.3. The van der Waals surface area contributed by atoms with Crippen LogP contribution < -0.4 is 5.73 Å². The monoisotopic (exact) mass is 262 g/mol. The van der Waals surface area contributed by atoms with E-state index in [2.05, 4.69) is 28.6 Å². The maximum atomic E-state index is 5.65. The van der Waals surface area contributed by atoms with Crippen molar-refractivity contribution in [2.45, 2.75) is 32.7 Å². The van der Waals surface area contributed by atoms with Gasteiger partial charge in [0.25, 0.3) is 0 Å². The van der Waals surface area contributed by atoms with Crippen LogP contribution in [-0.4, -0.2) is 53.5 Å². The Hall–Kier alpha value is -1.13. The maximum absolute atomic E-state index is 5.65. The first-order valence-corrected chi connectivity index (χ1v) is 7.39. The van der Waals surface area contributed by atoms with E-state index in [0.29, 0.717) is 0 Å². The lowest BCUT2D eigenvalue weighted by molar-refractivity contribution is 0.211. The summed E-state index contributed by atoms with van der Waals surface area (Å²) in [6.07, 6.45) is 4.07. The number of pyridine rings is 1. The molecule has 2 rings (SSSR count). The van der Waals surface area contributed by atoms with E-state index in [0.717, 1.165) is 43.5 Å². The number of likely N-dealkylation sites (tertiary alicyclic amines) is 1. The average molecular weight is 262 g/mol. The van der Waals surface area contributed by atoms with Crippen molar-refractivity contribution >= 4 is 5.69 Å². The van der Waals surface area contributed by atoms with E-state index < -0.39 is 0 Å². The minimum atomic E-state index is 0.742. The standard InChI is InChI=1S/C15H26N4/c1-3-19(4-2)15-8-10-18(12-15)9-7-14-6-5-13(16)11-17-14/h5-6,11,15H,3-4,7-10,12,16H2,1-2H3. The van der Waals surface area contributed by atoms with Gasteiger partial charge in [0.2, 0.25) is 0 Å². The number of hydrogen-bond acceptors (Lipinski definition) is 4. The molecule has 1 aliphatic rings. The van der Waals surface area contributed by atoms with Gasteiger partial charge in [0.1, 0.15) is 0 Å². The molecule has 0 radical (unpaired) electrons. The Kier molecular flexibility index (Phi) is 5.16. The molecular weight excluding hydrogens is 236 g/mol. The Bertz CT molecular complexity index is 372. The molecule has 0 aromatic carbocycles. The molecule has 1 aromatic rings. The van der Waals surface area contributed by atoms with Gasteiger partial charge in [-0.15, -0.1) is 0 Å². The Balaban J connectivity index is 1.77. The highest BCUT2D eigenvalue weighted by molar-refractivity contribution is 5.34. The number of hydrogen-bond donors (Lipinski definition) is 1. The third-order valence-electron chi connectivity index (χ3n) is 4.11. The lowest BCUT2D eigenvalue weighted by atomic mass is 10.2. The van der Waals surface area contributed by atoms with Crippen LogP contribution in [-0.2, 0) is 6.42 Å². The quantitative estimate of drug-likeness (QED) is 0.846. The first-order valence-electron chi connectivity index (χ1n) is 7.39. The second-order valence-electron chi connectivity index (χ2n) is 5.30. The summed E-state index contributed by atoms with van der Waals surface area (Å²) >= 11 is 0. The second kappa shape index (κ2) is 6.87. The summed E-state index contributed by atoms with van der Waals surface area (Å²) in [6, 6.07) is 4.72. The summed E-state index contributed by atoms with van der Waals surface area (Å²) < 4.78 is 0. The van der Waals surface area contributed by atoms with Gasteiger partial charge in [-0.05, 0) is 38.2 Å². The molecule has 1 unspecified atom stereocenters. The van der Waals surface area contributed by atoms with Crippen LogP contribution in [0.25, 0.3) is 0 Å². The van der Waals surface area contributed by atoms with E-state index in [-0.39, 0.29) is 0 Å². The van der Waals surface area contributed by atoms with Crippen LogP contribution in [0.2, 0.25) is 0 Å². The van der Waals surface area contributed by atoms with Gasteiger partial charge < -0.3 is 10.6 Å². The molecule has 0 spiro atoms. The fourth-order valence-electron chi connectivity index (χ4n) is 2.91. The molecule has 0 saturated carbocycles. The van der Waals surface area contributed by atoms with Crippen molar-refractivity contribution in [3.8, 4) is 0 Å². The van der Waals surface area contributed by atoms with Crippen molar-refractivity contribution in [2.24, 2.45) is 0 Å². The van der Waals surface area contributed by atoms with Crippen molar-refractivity contribution in [2.75, 3.05) is 38.5 Å². The highest BCUT2D eigenvalue weighted by Gasteiger charge is 2.25. The van der Waals surface area contributed by atoms with E-state index in [1.54, 1.807) is 6.20 Å². The summed E-state index contributed by atoms with van der Waals surface area (Å²) in [7, 11) is 0. The third kappa shape index (κ3) is 3.91. The first-order chi connectivity index (χ1) is 9.22. The molecule has 4 heteroatoms. The molecule has 0 bridgehead atoms. The number of aromatic nitrogens is 1. The van der Waals surface area contributed by atoms with Crippen LogP contribution in [0, 0.1) is 0 Å². The van der Waals surface area contributed by atoms with Crippen molar-refractivity contribution in [1.82, 2.24) is 14.8 Å². The predicted molar refractivity (Wildman–Crippen MR) is 80.1 cm³/mol. The Morgan fingerprint density at radius 2 is 2.16 bits per heavy atom. The van der Waals surface area contributed by atoms with Gasteiger partial charge in [-0.2, -0.15) is 0 Å². The van der Waals surface area contributed by atoms with Crippen LogP contribution in [0.15, 0.2) is 18.3 Å². The lowest BCUT2D eigenvalue weighted by Gasteiger charge is -2.26. The lowest BCUT2D eigenvalue weighted by Crippen LogP contribution is -2.37. The molecule has 1 fully saturated rings. The topological polar surface area (TPSA) is 45.4 Å².